The number of benzene rings is 3. The molecule has 3 aromatic rings. The summed E-state index contributed by atoms with van der Waals surface area (Å²) < 4.78 is 0. The van der Waals surface area contributed by atoms with E-state index >= 15 is 0 Å². The van der Waals surface area contributed by atoms with Gasteiger partial charge in [0.25, 0.3) is 0 Å². The standard InChI is InChI=1S/C18H15N3.C2H6O2.C2H4/c1-4-10-16(11-5-1)19-20-21(17-12-6-2-7-13-17)18-14-8-3-9-15-18;3-1-2-4;1-2/h1-15H;3-4H,1-2H2;1-2H2. The minimum absolute atomic E-state index is 0.125. The molecule has 0 radical (unpaired) electrons. The Hall–Kier alpha value is -3.28. The van der Waals surface area contributed by atoms with E-state index < -0.39 is 0 Å². The molecule has 0 bridgehead atoms. The first-order valence-electron chi connectivity index (χ1n) is 8.44. The van der Waals surface area contributed by atoms with Crippen molar-refractivity contribution in [2.75, 3.05) is 18.2 Å². The van der Waals surface area contributed by atoms with Crippen molar-refractivity contribution in [1.82, 2.24) is 0 Å². The SMILES string of the molecule is C=C.OCCO.c1ccc(N=NN(c2ccccc2)c2ccccc2)cc1. The number of hydrogen-bond donors (Lipinski definition) is 2. The van der Waals surface area contributed by atoms with Gasteiger partial charge in [-0.15, -0.1) is 18.3 Å². The Morgan fingerprint density at radius 3 is 1.37 bits per heavy atom. The number of anilines is 2. The highest BCUT2D eigenvalue weighted by Crippen LogP contribution is 2.26. The van der Waals surface area contributed by atoms with Gasteiger partial charge in [0, 0.05) is 0 Å². The Labute approximate surface area is 160 Å². The van der Waals surface area contributed by atoms with Gasteiger partial charge in [-0.1, -0.05) is 59.8 Å². The molecule has 0 spiro atoms. The first-order chi connectivity index (χ1) is 13.3. The lowest BCUT2D eigenvalue weighted by Gasteiger charge is -2.17. The number of para-hydroxylation sites is 2. The molecule has 0 fully saturated rings. The third-order valence-electron chi connectivity index (χ3n) is 3.11. The van der Waals surface area contributed by atoms with Crippen molar-refractivity contribution in [1.29, 1.82) is 0 Å². The summed E-state index contributed by atoms with van der Waals surface area (Å²) in [5.74, 6) is 0. The van der Waals surface area contributed by atoms with Gasteiger partial charge in [0.2, 0.25) is 0 Å². The highest BCUT2D eigenvalue weighted by molar-refractivity contribution is 5.61. The third kappa shape index (κ3) is 8.09. The van der Waals surface area contributed by atoms with E-state index in [9.17, 15) is 0 Å². The van der Waals surface area contributed by atoms with E-state index in [0.717, 1.165) is 17.1 Å². The molecule has 140 valence electrons. The fourth-order valence-corrected chi connectivity index (χ4v) is 1.98. The predicted octanol–water partition coefficient (Wildman–Crippen LogP) is 5.30. The minimum atomic E-state index is -0.125. The third-order valence-corrected chi connectivity index (χ3v) is 3.11. The van der Waals surface area contributed by atoms with E-state index in [4.69, 9.17) is 10.2 Å². The van der Waals surface area contributed by atoms with Gasteiger partial charge in [0.05, 0.1) is 30.3 Å². The van der Waals surface area contributed by atoms with Crippen LogP contribution in [-0.4, -0.2) is 23.4 Å². The fraction of sp³-hybridized carbons (Fsp3) is 0.0909. The molecule has 2 N–H and O–H groups in total. The van der Waals surface area contributed by atoms with E-state index in [1.165, 1.54) is 0 Å². The molecule has 0 aliphatic heterocycles. The van der Waals surface area contributed by atoms with Crippen molar-refractivity contribution in [3.05, 3.63) is 104 Å². The van der Waals surface area contributed by atoms with Gasteiger partial charge in [-0.05, 0) is 36.4 Å². The summed E-state index contributed by atoms with van der Waals surface area (Å²) >= 11 is 0. The first kappa shape index (κ1) is 21.8. The Kier molecular flexibility index (Phi) is 11.2. The molecule has 0 aromatic heterocycles. The second-order valence-corrected chi connectivity index (χ2v) is 4.96. The molecule has 27 heavy (non-hydrogen) atoms. The van der Waals surface area contributed by atoms with Gasteiger partial charge in [0.15, 0.2) is 0 Å². The Balaban J connectivity index is 0.000000541. The first-order valence-corrected chi connectivity index (χ1v) is 8.44. The van der Waals surface area contributed by atoms with Gasteiger partial charge in [-0.3, -0.25) is 0 Å². The highest BCUT2D eigenvalue weighted by atomic mass is 16.3. The van der Waals surface area contributed by atoms with Crippen molar-refractivity contribution in [3.8, 4) is 0 Å². The number of hydrogen-bond acceptors (Lipinski definition) is 4. The van der Waals surface area contributed by atoms with E-state index in [1.807, 2.05) is 96.0 Å². The lowest BCUT2D eigenvalue weighted by Crippen LogP contribution is -2.07. The van der Waals surface area contributed by atoms with Crippen LogP contribution in [0.25, 0.3) is 0 Å². The van der Waals surface area contributed by atoms with Gasteiger partial charge in [-0.2, -0.15) is 0 Å². The van der Waals surface area contributed by atoms with Crippen molar-refractivity contribution in [2.24, 2.45) is 10.3 Å². The van der Waals surface area contributed by atoms with Crippen LogP contribution in [-0.2, 0) is 0 Å². The van der Waals surface area contributed by atoms with Crippen molar-refractivity contribution in [2.45, 2.75) is 0 Å². The molecule has 5 heteroatoms. The zero-order chi connectivity index (χ0) is 19.7. The van der Waals surface area contributed by atoms with Gasteiger partial charge < -0.3 is 10.2 Å². The summed E-state index contributed by atoms with van der Waals surface area (Å²) in [6, 6.07) is 29.7. The fourth-order valence-electron chi connectivity index (χ4n) is 1.98. The lowest BCUT2D eigenvalue weighted by molar-refractivity contribution is 0.186. The second-order valence-electron chi connectivity index (χ2n) is 4.96. The van der Waals surface area contributed by atoms with Crippen LogP contribution in [0.4, 0.5) is 17.1 Å². The Bertz CT molecular complexity index is 709. The molecule has 0 unspecified atom stereocenters. The maximum atomic E-state index is 7.62. The van der Waals surface area contributed by atoms with Crippen LogP contribution in [0.3, 0.4) is 0 Å². The minimum Gasteiger partial charge on any atom is -0.394 e. The average Bonchev–Trinajstić information content (AvgIpc) is 2.78. The number of rotatable bonds is 5. The van der Waals surface area contributed by atoms with Gasteiger partial charge in [0.1, 0.15) is 0 Å². The summed E-state index contributed by atoms with van der Waals surface area (Å²) in [4.78, 5) is 0. The molecule has 5 nitrogen and oxygen atoms in total. The molecular formula is C22H25N3O2. The summed E-state index contributed by atoms with van der Waals surface area (Å²) in [7, 11) is 0. The molecule has 3 aromatic carbocycles. The molecule has 0 saturated heterocycles. The van der Waals surface area contributed by atoms with Crippen LogP contribution < -0.4 is 5.01 Å². The smallest absolute Gasteiger partial charge is 0.0874 e. The second kappa shape index (κ2) is 13.9. The van der Waals surface area contributed by atoms with Gasteiger partial charge >= 0.3 is 0 Å². The Morgan fingerprint density at radius 2 is 1.00 bits per heavy atom. The van der Waals surface area contributed by atoms with Crippen molar-refractivity contribution in [3.63, 3.8) is 0 Å². The summed E-state index contributed by atoms with van der Waals surface area (Å²) in [5, 5.41) is 25.8. The Morgan fingerprint density at radius 1 is 0.630 bits per heavy atom. The molecule has 0 aliphatic carbocycles. The molecule has 0 aliphatic rings. The van der Waals surface area contributed by atoms with Crippen molar-refractivity contribution < 1.29 is 10.2 Å². The number of aliphatic hydroxyl groups is 2. The zero-order valence-corrected chi connectivity index (χ0v) is 15.2. The van der Waals surface area contributed by atoms with Crippen LogP contribution >= 0.6 is 0 Å². The summed E-state index contributed by atoms with van der Waals surface area (Å²) in [6.45, 7) is 5.75. The normalized spacial score (nSPS) is 9.56. The monoisotopic (exact) mass is 363 g/mol. The van der Waals surface area contributed by atoms with E-state index in [2.05, 4.69) is 23.5 Å². The molecule has 0 atom stereocenters. The maximum Gasteiger partial charge on any atom is 0.0874 e. The number of nitrogens with zero attached hydrogens (tertiary/aromatic N) is 3. The quantitative estimate of drug-likeness (QED) is 0.367. The number of aliphatic hydroxyl groups excluding tert-OH is 2. The van der Waals surface area contributed by atoms with Crippen LogP contribution in [0.5, 0.6) is 0 Å². The molecule has 0 saturated carbocycles. The molecule has 0 amide bonds. The van der Waals surface area contributed by atoms with E-state index in [0.29, 0.717) is 0 Å². The molecule has 0 heterocycles. The maximum absolute atomic E-state index is 7.62. The largest absolute Gasteiger partial charge is 0.394 e. The van der Waals surface area contributed by atoms with Crippen LogP contribution in [0.15, 0.2) is 114 Å². The van der Waals surface area contributed by atoms with Crippen LogP contribution in [0, 0.1) is 0 Å². The summed E-state index contributed by atoms with van der Waals surface area (Å²) in [6.07, 6.45) is 0. The van der Waals surface area contributed by atoms with E-state index in [-0.39, 0.29) is 13.2 Å². The predicted molar refractivity (Wildman–Crippen MR) is 111 cm³/mol. The average molecular weight is 363 g/mol. The van der Waals surface area contributed by atoms with Crippen LogP contribution in [0.2, 0.25) is 0 Å². The van der Waals surface area contributed by atoms with Crippen molar-refractivity contribution >= 4 is 17.1 Å². The topological polar surface area (TPSA) is 68.4 Å². The van der Waals surface area contributed by atoms with E-state index in [1.54, 1.807) is 0 Å². The molecule has 3 rings (SSSR count). The highest BCUT2D eigenvalue weighted by Gasteiger charge is 2.07. The van der Waals surface area contributed by atoms with Crippen LogP contribution in [0.1, 0.15) is 0 Å². The zero-order valence-electron chi connectivity index (χ0n) is 15.2. The van der Waals surface area contributed by atoms with Gasteiger partial charge in [-0.25, -0.2) is 5.01 Å². The lowest BCUT2D eigenvalue weighted by atomic mass is 10.2. The molecular weight excluding hydrogens is 338 g/mol. The summed E-state index contributed by atoms with van der Waals surface area (Å²) in [5.41, 5.74) is 2.78.